The average molecular weight is 213 g/mol. The summed E-state index contributed by atoms with van der Waals surface area (Å²) >= 11 is 0. The molecule has 0 aromatic heterocycles. The molecule has 0 rings (SSSR count). The number of hydrogen-bond donors (Lipinski definition) is 2. The van der Waals surface area contributed by atoms with E-state index < -0.39 is 5.41 Å². The Morgan fingerprint density at radius 2 is 2.27 bits per heavy atom. The summed E-state index contributed by atoms with van der Waals surface area (Å²) in [5.41, 5.74) is 4.84. The third-order valence-electron chi connectivity index (χ3n) is 2.04. The second-order valence-corrected chi connectivity index (χ2v) is 4.07. The van der Waals surface area contributed by atoms with Crippen molar-refractivity contribution in [2.24, 2.45) is 11.1 Å². The van der Waals surface area contributed by atoms with Crippen molar-refractivity contribution in [2.45, 2.75) is 26.4 Å². The Bertz CT molecular complexity index is 242. The average Bonchev–Trinajstić information content (AvgIpc) is 2.23. The molecule has 86 valence electrons. The van der Waals surface area contributed by atoms with Crippen molar-refractivity contribution < 1.29 is 9.53 Å². The highest BCUT2D eigenvalue weighted by Crippen LogP contribution is 2.10. The normalized spacial score (nSPS) is 13.0. The number of nitriles is 1. The van der Waals surface area contributed by atoms with Gasteiger partial charge < -0.3 is 15.8 Å². The standard InChI is InChI=1S/C10H19N3O2/c1-10(2,6-12)7-13-9(14)4-8(5-11)15-3/h8H,4-5,7,11H2,1-3H3,(H,13,14). The molecule has 0 aliphatic heterocycles. The van der Waals surface area contributed by atoms with Crippen LogP contribution in [0.5, 0.6) is 0 Å². The van der Waals surface area contributed by atoms with Gasteiger partial charge in [-0.25, -0.2) is 0 Å². The fourth-order valence-corrected chi connectivity index (χ4v) is 0.901. The summed E-state index contributed by atoms with van der Waals surface area (Å²) in [4.78, 5) is 11.4. The van der Waals surface area contributed by atoms with Crippen LogP contribution in [0.4, 0.5) is 0 Å². The quantitative estimate of drug-likeness (QED) is 0.651. The first kappa shape index (κ1) is 13.9. The van der Waals surface area contributed by atoms with Crippen molar-refractivity contribution in [3.8, 4) is 6.07 Å². The van der Waals surface area contributed by atoms with E-state index in [0.29, 0.717) is 13.1 Å². The van der Waals surface area contributed by atoms with Gasteiger partial charge in [-0.15, -0.1) is 0 Å². The van der Waals surface area contributed by atoms with Gasteiger partial charge >= 0.3 is 0 Å². The Balaban J connectivity index is 3.91. The maximum Gasteiger partial charge on any atom is 0.222 e. The molecule has 0 saturated carbocycles. The molecule has 15 heavy (non-hydrogen) atoms. The lowest BCUT2D eigenvalue weighted by molar-refractivity contribution is -0.123. The lowest BCUT2D eigenvalue weighted by Gasteiger charge is -2.17. The second kappa shape index (κ2) is 6.38. The number of carbonyl (C=O) groups is 1. The second-order valence-electron chi connectivity index (χ2n) is 4.07. The molecule has 0 aliphatic carbocycles. The minimum Gasteiger partial charge on any atom is -0.380 e. The molecule has 0 fully saturated rings. The van der Waals surface area contributed by atoms with E-state index in [1.165, 1.54) is 7.11 Å². The summed E-state index contributed by atoms with van der Waals surface area (Å²) in [6, 6.07) is 2.11. The largest absolute Gasteiger partial charge is 0.380 e. The van der Waals surface area contributed by atoms with Gasteiger partial charge in [0.2, 0.25) is 5.91 Å². The number of methoxy groups -OCH3 is 1. The SMILES string of the molecule is COC(CN)CC(=O)NCC(C)(C)C#N. The van der Waals surface area contributed by atoms with Crippen LogP contribution in [0.1, 0.15) is 20.3 Å². The molecule has 0 saturated heterocycles. The molecule has 1 unspecified atom stereocenters. The number of nitrogens with two attached hydrogens (primary N) is 1. The van der Waals surface area contributed by atoms with Crippen molar-refractivity contribution in [2.75, 3.05) is 20.2 Å². The first-order valence-corrected chi connectivity index (χ1v) is 4.86. The van der Waals surface area contributed by atoms with Crippen molar-refractivity contribution in [1.82, 2.24) is 5.32 Å². The molecule has 0 aromatic rings. The minimum atomic E-state index is -0.541. The Kier molecular flexibility index (Phi) is 5.90. The fraction of sp³-hybridized carbons (Fsp3) is 0.800. The van der Waals surface area contributed by atoms with Gasteiger partial charge in [-0.05, 0) is 13.8 Å². The number of hydrogen-bond acceptors (Lipinski definition) is 4. The van der Waals surface area contributed by atoms with Crippen LogP contribution in [0, 0.1) is 16.7 Å². The predicted molar refractivity (Wildman–Crippen MR) is 56.9 cm³/mol. The molecule has 0 heterocycles. The minimum absolute atomic E-state index is 0.143. The topological polar surface area (TPSA) is 88.1 Å². The van der Waals surface area contributed by atoms with Crippen LogP contribution in [0.2, 0.25) is 0 Å². The lowest BCUT2D eigenvalue weighted by Crippen LogP contribution is -2.36. The van der Waals surface area contributed by atoms with E-state index in [4.69, 9.17) is 15.7 Å². The van der Waals surface area contributed by atoms with Gasteiger partial charge in [-0.2, -0.15) is 5.26 Å². The molecule has 1 amide bonds. The van der Waals surface area contributed by atoms with Crippen LogP contribution in [-0.4, -0.2) is 32.2 Å². The molecule has 0 aromatic carbocycles. The number of amides is 1. The Labute approximate surface area is 90.6 Å². The number of nitrogens with zero attached hydrogens (tertiary/aromatic N) is 1. The molecule has 0 bridgehead atoms. The van der Waals surface area contributed by atoms with Crippen LogP contribution in [0.15, 0.2) is 0 Å². The maximum atomic E-state index is 11.4. The third-order valence-corrected chi connectivity index (χ3v) is 2.04. The van der Waals surface area contributed by atoms with E-state index in [0.717, 1.165) is 0 Å². The first-order chi connectivity index (χ1) is 6.95. The highest BCUT2D eigenvalue weighted by molar-refractivity contribution is 5.76. The summed E-state index contributed by atoms with van der Waals surface area (Å²) in [7, 11) is 1.52. The first-order valence-electron chi connectivity index (χ1n) is 4.86. The van der Waals surface area contributed by atoms with Crippen LogP contribution in [-0.2, 0) is 9.53 Å². The van der Waals surface area contributed by atoms with Crippen molar-refractivity contribution >= 4 is 5.91 Å². The lowest BCUT2D eigenvalue weighted by atomic mass is 9.96. The highest BCUT2D eigenvalue weighted by Gasteiger charge is 2.18. The van der Waals surface area contributed by atoms with Crippen molar-refractivity contribution in [3.05, 3.63) is 0 Å². The zero-order valence-corrected chi connectivity index (χ0v) is 9.54. The van der Waals surface area contributed by atoms with Gasteiger partial charge in [0.1, 0.15) is 0 Å². The van der Waals surface area contributed by atoms with E-state index in [2.05, 4.69) is 11.4 Å². The van der Waals surface area contributed by atoms with Gasteiger partial charge in [-0.1, -0.05) is 0 Å². The summed E-state index contributed by atoms with van der Waals surface area (Å²) in [5, 5.41) is 11.4. The summed E-state index contributed by atoms with van der Waals surface area (Å²) in [6.45, 7) is 4.18. The van der Waals surface area contributed by atoms with Crippen LogP contribution >= 0.6 is 0 Å². The summed E-state index contributed by atoms with van der Waals surface area (Å²) in [6.07, 6.45) is -0.0238. The van der Waals surface area contributed by atoms with E-state index in [9.17, 15) is 4.79 Å². The summed E-state index contributed by atoms with van der Waals surface area (Å²) < 4.78 is 4.98. The molecular formula is C10H19N3O2. The van der Waals surface area contributed by atoms with E-state index >= 15 is 0 Å². The molecule has 5 heteroatoms. The van der Waals surface area contributed by atoms with E-state index in [1.807, 2.05) is 0 Å². The molecule has 5 nitrogen and oxygen atoms in total. The molecule has 0 spiro atoms. The van der Waals surface area contributed by atoms with Gasteiger partial charge in [-0.3, -0.25) is 4.79 Å². The number of carbonyl (C=O) groups excluding carboxylic acids is 1. The maximum absolute atomic E-state index is 11.4. The van der Waals surface area contributed by atoms with Crippen molar-refractivity contribution in [3.63, 3.8) is 0 Å². The van der Waals surface area contributed by atoms with Crippen LogP contribution in [0.25, 0.3) is 0 Å². The molecule has 0 radical (unpaired) electrons. The zero-order valence-electron chi connectivity index (χ0n) is 9.54. The monoisotopic (exact) mass is 213 g/mol. The Hall–Kier alpha value is -1.12. The zero-order chi connectivity index (χ0) is 11.9. The van der Waals surface area contributed by atoms with Gasteiger partial charge in [0.25, 0.3) is 0 Å². The Morgan fingerprint density at radius 3 is 2.67 bits per heavy atom. The van der Waals surface area contributed by atoms with Crippen molar-refractivity contribution in [1.29, 1.82) is 5.26 Å². The third kappa shape index (κ3) is 6.05. The highest BCUT2D eigenvalue weighted by atomic mass is 16.5. The molecule has 0 aliphatic rings. The van der Waals surface area contributed by atoms with Crippen LogP contribution in [0.3, 0.4) is 0 Å². The van der Waals surface area contributed by atoms with Gasteiger partial charge in [0, 0.05) is 20.2 Å². The molecule has 3 N–H and O–H groups in total. The van der Waals surface area contributed by atoms with Crippen LogP contribution < -0.4 is 11.1 Å². The fourth-order valence-electron chi connectivity index (χ4n) is 0.901. The number of nitrogens with one attached hydrogen (secondary N) is 1. The van der Waals surface area contributed by atoms with Gasteiger partial charge in [0.05, 0.1) is 24.0 Å². The molecule has 1 atom stereocenters. The van der Waals surface area contributed by atoms with E-state index in [-0.39, 0.29) is 18.4 Å². The van der Waals surface area contributed by atoms with Gasteiger partial charge in [0.15, 0.2) is 0 Å². The number of ether oxygens (including phenoxy) is 1. The summed E-state index contributed by atoms with van der Waals surface area (Å²) in [5.74, 6) is -0.143. The smallest absolute Gasteiger partial charge is 0.222 e. The van der Waals surface area contributed by atoms with E-state index in [1.54, 1.807) is 13.8 Å². The Morgan fingerprint density at radius 1 is 1.67 bits per heavy atom. The number of rotatable bonds is 6. The predicted octanol–water partition coefficient (Wildman–Crippen LogP) is 0.0162. The molecular weight excluding hydrogens is 194 g/mol.